The third-order valence-corrected chi connectivity index (χ3v) is 4.02. The van der Waals surface area contributed by atoms with Crippen molar-refractivity contribution in [2.45, 2.75) is 51.7 Å². The first-order chi connectivity index (χ1) is 9.37. The molecule has 3 nitrogen and oxygen atoms in total. The van der Waals surface area contributed by atoms with Gasteiger partial charge in [0, 0.05) is 11.1 Å². The van der Waals surface area contributed by atoms with Crippen LogP contribution in [0.3, 0.4) is 0 Å². The van der Waals surface area contributed by atoms with Gasteiger partial charge in [0.15, 0.2) is 5.60 Å². The summed E-state index contributed by atoms with van der Waals surface area (Å²) in [6.07, 6.45) is 3.30. The molecule has 1 aromatic carbocycles. The van der Waals surface area contributed by atoms with E-state index in [-0.39, 0.29) is 11.9 Å². The highest BCUT2D eigenvalue weighted by Gasteiger charge is 2.33. The summed E-state index contributed by atoms with van der Waals surface area (Å²) < 4.78 is 5.79. The molecular formula is C16H22ClNO2. The molecule has 0 saturated heterocycles. The third kappa shape index (κ3) is 3.89. The van der Waals surface area contributed by atoms with Crippen molar-refractivity contribution in [2.24, 2.45) is 5.92 Å². The number of rotatable bonds is 4. The highest BCUT2D eigenvalue weighted by atomic mass is 35.5. The molecule has 1 amide bonds. The molecule has 0 spiro atoms. The summed E-state index contributed by atoms with van der Waals surface area (Å²) in [5.74, 6) is 1.28. The van der Waals surface area contributed by atoms with Crippen LogP contribution in [-0.4, -0.2) is 17.6 Å². The molecule has 1 saturated carbocycles. The smallest absolute Gasteiger partial charge is 0.263 e. The molecule has 0 aromatic heterocycles. The van der Waals surface area contributed by atoms with E-state index >= 15 is 0 Å². The number of nitrogens with one attached hydrogen (secondary N) is 1. The lowest BCUT2D eigenvalue weighted by atomic mass is 10.1. The van der Waals surface area contributed by atoms with E-state index in [1.165, 1.54) is 6.42 Å². The van der Waals surface area contributed by atoms with Crippen LogP contribution in [0.5, 0.6) is 5.75 Å². The summed E-state index contributed by atoms with van der Waals surface area (Å²) in [4.78, 5) is 12.3. The predicted octanol–water partition coefficient (Wildman–Crippen LogP) is 3.80. The molecule has 4 heteroatoms. The van der Waals surface area contributed by atoms with Crippen molar-refractivity contribution in [3.05, 3.63) is 29.3 Å². The minimum atomic E-state index is -0.889. The Kier molecular flexibility index (Phi) is 4.59. The SMILES string of the molecule is CC1CCC(NC(=O)C(C)(C)Oc2ccc(Cl)cc2)C1. The van der Waals surface area contributed by atoms with Gasteiger partial charge in [-0.25, -0.2) is 0 Å². The first-order valence-corrected chi connectivity index (χ1v) is 7.50. The number of benzene rings is 1. The Morgan fingerprint density at radius 3 is 2.50 bits per heavy atom. The van der Waals surface area contributed by atoms with Crippen LogP contribution in [0.1, 0.15) is 40.0 Å². The summed E-state index contributed by atoms with van der Waals surface area (Å²) in [7, 11) is 0. The van der Waals surface area contributed by atoms with E-state index in [4.69, 9.17) is 16.3 Å². The first kappa shape index (κ1) is 15.2. The van der Waals surface area contributed by atoms with Crippen molar-refractivity contribution in [3.8, 4) is 5.75 Å². The zero-order valence-corrected chi connectivity index (χ0v) is 13.0. The maximum atomic E-state index is 12.3. The number of halogens is 1. The monoisotopic (exact) mass is 295 g/mol. The fourth-order valence-corrected chi connectivity index (χ4v) is 2.67. The average molecular weight is 296 g/mol. The van der Waals surface area contributed by atoms with Crippen molar-refractivity contribution < 1.29 is 9.53 Å². The molecule has 1 aliphatic carbocycles. The second-order valence-electron chi connectivity index (χ2n) is 6.15. The molecular weight excluding hydrogens is 274 g/mol. The van der Waals surface area contributed by atoms with E-state index < -0.39 is 5.60 Å². The van der Waals surface area contributed by atoms with Crippen LogP contribution in [0, 0.1) is 5.92 Å². The number of hydrogen-bond donors (Lipinski definition) is 1. The summed E-state index contributed by atoms with van der Waals surface area (Å²) in [5.41, 5.74) is -0.889. The largest absolute Gasteiger partial charge is 0.478 e. The van der Waals surface area contributed by atoms with Crippen LogP contribution in [0.2, 0.25) is 5.02 Å². The summed E-state index contributed by atoms with van der Waals surface area (Å²) in [6.45, 7) is 5.80. The Balaban J connectivity index is 1.94. The van der Waals surface area contributed by atoms with Crippen LogP contribution in [0.15, 0.2) is 24.3 Å². The fraction of sp³-hybridized carbons (Fsp3) is 0.562. The van der Waals surface area contributed by atoms with Gasteiger partial charge in [-0.05, 0) is 63.3 Å². The van der Waals surface area contributed by atoms with E-state index in [1.54, 1.807) is 38.1 Å². The van der Waals surface area contributed by atoms with Gasteiger partial charge in [-0.15, -0.1) is 0 Å². The molecule has 1 N–H and O–H groups in total. The quantitative estimate of drug-likeness (QED) is 0.917. The maximum absolute atomic E-state index is 12.3. The summed E-state index contributed by atoms with van der Waals surface area (Å²) in [5, 5.41) is 3.74. The van der Waals surface area contributed by atoms with Crippen molar-refractivity contribution in [1.82, 2.24) is 5.32 Å². The van der Waals surface area contributed by atoms with Gasteiger partial charge in [-0.1, -0.05) is 18.5 Å². The number of carbonyl (C=O) groups excluding carboxylic acids is 1. The van der Waals surface area contributed by atoms with Crippen LogP contribution in [-0.2, 0) is 4.79 Å². The molecule has 0 heterocycles. The van der Waals surface area contributed by atoms with Gasteiger partial charge in [-0.2, -0.15) is 0 Å². The minimum absolute atomic E-state index is 0.0634. The highest BCUT2D eigenvalue weighted by molar-refractivity contribution is 6.30. The molecule has 20 heavy (non-hydrogen) atoms. The Morgan fingerprint density at radius 1 is 1.30 bits per heavy atom. The minimum Gasteiger partial charge on any atom is -0.478 e. The van der Waals surface area contributed by atoms with E-state index in [2.05, 4.69) is 12.2 Å². The fourth-order valence-electron chi connectivity index (χ4n) is 2.54. The third-order valence-electron chi connectivity index (χ3n) is 3.76. The predicted molar refractivity (Wildman–Crippen MR) is 81.1 cm³/mol. The van der Waals surface area contributed by atoms with Gasteiger partial charge in [0.2, 0.25) is 0 Å². The van der Waals surface area contributed by atoms with Gasteiger partial charge in [-0.3, -0.25) is 4.79 Å². The van der Waals surface area contributed by atoms with E-state index in [0.29, 0.717) is 16.7 Å². The first-order valence-electron chi connectivity index (χ1n) is 7.12. The molecule has 1 fully saturated rings. The van der Waals surface area contributed by atoms with Gasteiger partial charge in [0.25, 0.3) is 5.91 Å². The molecule has 2 atom stereocenters. The number of ether oxygens (including phenoxy) is 1. The summed E-state index contributed by atoms with van der Waals surface area (Å²) >= 11 is 5.84. The van der Waals surface area contributed by atoms with E-state index in [1.807, 2.05) is 0 Å². The van der Waals surface area contributed by atoms with Crippen LogP contribution < -0.4 is 10.1 Å². The normalized spacial score (nSPS) is 22.6. The maximum Gasteiger partial charge on any atom is 0.263 e. The van der Waals surface area contributed by atoms with E-state index in [0.717, 1.165) is 12.8 Å². The van der Waals surface area contributed by atoms with Crippen molar-refractivity contribution >= 4 is 17.5 Å². The Labute approximate surface area is 125 Å². The molecule has 1 aliphatic rings. The molecule has 0 radical (unpaired) electrons. The van der Waals surface area contributed by atoms with Gasteiger partial charge in [0.1, 0.15) is 5.75 Å². The van der Waals surface area contributed by atoms with Gasteiger partial charge >= 0.3 is 0 Å². The van der Waals surface area contributed by atoms with Crippen molar-refractivity contribution in [1.29, 1.82) is 0 Å². The van der Waals surface area contributed by atoms with Gasteiger partial charge < -0.3 is 10.1 Å². The Bertz CT molecular complexity index is 470. The van der Waals surface area contributed by atoms with E-state index in [9.17, 15) is 4.79 Å². The lowest BCUT2D eigenvalue weighted by molar-refractivity contribution is -0.134. The summed E-state index contributed by atoms with van der Waals surface area (Å²) in [6, 6.07) is 7.34. The van der Waals surface area contributed by atoms with Crippen LogP contribution >= 0.6 is 11.6 Å². The van der Waals surface area contributed by atoms with Crippen LogP contribution in [0.25, 0.3) is 0 Å². The Hall–Kier alpha value is -1.22. The molecule has 0 aliphatic heterocycles. The zero-order chi connectivity index (χ0) is 14.8. The molecule has 2 unspecified atom stereocenters. The van der Waals surface area contributed by atoms with Crippen LogP contribution in [0.4, 0.5) is 0 Å². The number of amides is 1. The topological polar surface area (TPSA) is 38.3 Å². The van der Waals surface area contributed by atoms with Gasteiger partial charge in [0.05, 0.1) is 0 Å². The lowest BCUT2D eigenvalue weighted by Gasteiger charge is -2.27. The highest BCUT2D eigenvalue weighted by Crippen LogP contribution is 2.26. The second kappa shape index (κ2) is 6.04. The number of hydrogen-bond acceptors (Lipinski definition) is 2. The molecule has 2 rings (SSSR count). The molecule has 110 valence electrons. The standard InChI is InChI=1S/C16H22ClNO2/c1-11-4-7-13(10-11)18-15(19)16(2,3)20-14-8-5-12(17)6-9-14/h5-6,8-9,11,13H,4,7,10H2,1-3H3,(H,18,19). The van der Waals surface area contributed by atoms with Crippen molar-refractivity contribution in [3.63, 3.8) is 0 Å². The second-order valence-corrected chi connectivity index (χ2v) is 6.59. The van der Waals surface area contributed by atoms with Crippen molar-refractivity contribution in [2.75, 3.05) is 0 Å². The Morgan fingerprint density at radius 2 is 1.95 bits per heavy atom. The lowest BCUT2D eigenvalue weighted by Crippen LogP contribution is -2.49. The molecule has 0 bridgehead atoms. The number of carbonyl (C=O) groups is 1. The molecule has 1 aromatic rings. The zero-order valence-electron chi connectivity index (χ0n) is 12.3. The average Bonchev–Trinajstić information content (AvgIpc) is 2.77.